The van der Waals surface area contributed by atoms with Crippen LogP contribution < -0.4 is 10.0 Å². The van der Waals surface area contributed by atoms with Crippen LogP contribution in [0.2, 0.25) is 0 Å². The molecule has 0 saturated heterocycles. The summed E-state index contributed by atoms with van der Waals surface area (Å²) in [6, 6.07) is 0. The van der Waals surface area contributed by atoms with Crippen molar-refractivity contribution < 1.29 is 18.6 Å². The van der Waals surface area contributed by atoms with E-state index in [1.807, 2.05) is 0 Å². The minimum Gasteiger partial charge on any atom is -0.506 e. The van der Waals surface area contributed by atoms with Crippen molar-refractivity contribution in [1.29, 1.82) is 0 Å². The number of nitrogens with one attached hydrogen (secondary N) is 2. The van der Waals surface area contributed by atoms with Crippen LogP contribution in [0, 0.1) is 6.92 Å². The van der Waals surface area contributed by atoms with Crippen molar-refractivity contribution in [1.82, 2.24) is 15.0 Å². The molecule has 0 aliphatic heterocycles. The molecule has 1 rings (SSSR count). The Bertz CT molecular complexity index is 531. The fraction of sp³-hybridized carbons (Fsp3) is 0.545. The molecule has 1 aromatic heterocycles. The minimum absolute atomic E-state index is 0.0236. The smallest absolute Gasteiger partial charge is 0.212 e. The molecule has 0 saturated carbocycles. The summed E-state index contributed by atoms with van der Waals surface area (Å²) in [5, 5.41) is 22.0. The van der Waals surface area contributed by atoms with Gasteiger partial charge < -0.3 is 15.5 Å². The Morgan fingerprint density at radius 2 is 2.11 bits per heavy atom. The van der Waals surface area contributed by atoms with E-state index in [0.717, 1.165) is 0 Å². The molecule has 0 amide bonds. The Morgan fingerprint density at radius 3 is 2.68 bits per heavy atom. The summed E-state index contributed by atoms with van der Waals surface area (Å²) in [6.07, 6.45) is 1.50. The quantitative estimate of drug-likeness (QED) is 0.490. The standard InChI is InChI=1S/C11H19N3O4S/c1-8-11(16)10(9(7-15)5-14-8)6-13-3-4-19(17,18)12-2/h5,12-13,15-16H,3-4,6-7H2,1-2H3. The summed E-state index contributed by atoms with van der Waals surface area (Å²) in [5.41, 5.74) is 1.53. The van der Waals surface area contributed by atoms with E-state index in [1.54, 1.807) is 6.92 Å². The number of aromatic hydroxyl groups is 1. The fourth-order valence-corrected chi connectivity index (χ4v) is 2.16. The Morgan fingerprint density at radius 1 is 1.42 bits per heavy atom. The number of nitrogens with zero attached hydrogens (tertiary/aromatic N) is 1. The third kappa shape index (κ3) is 4.43. The van der Waals surface area contributed by atoms with E-state index in [0.29, 0.717) is 16.8 Å². The maximum atomic E-state index is 11.2. The number of aromatic nitrogens is 1. The first-order chi connectivity index (χ1) is 8.91. The Hall–Kier alpha value is -1.22. The lowest BCUT2D eigenvalue weighted by Crippen LogP contribution is -2.29. The molecule has 0 bridgehead atoms. The monoisotopic (exact) mass is 289 g/mol. The SMILES string of the molecule is CNS(=O)(=O)CCNCc1c(CO)cnc(C)c1O. The van der Waals surface area contributed by atoms with Gasteiger partial charge in [-0.1, -0.05) is 0 Å². The third-order valence-electron chi connectivity index (χ3n) is 2.76. The maximum Gasteiger partial charge on any atom is 0.212 e. The molecule has 19 heavy (non-hydrogen) atoms. The number of aliphatic hydroxyl groups excluding tert-OH is 1. The van der Waals surface area contributed by atoms with Crippen LogP contribution in [0.4, 0.5) is 0 Å². The zero-order chi connectivity index (χ0) is 14.5. The molecule has 108 valence electrons. The molecule has 4 N–H and O–H groups in total. The van der Waals surface area contributed by atoms with Crippen molar-refractivity contribution in [3.8, 4) is 5.75 Å². The van der Waals surface area contributed by atoms with Crippen LogP contribution in [0.3, 0.4) is 0 Å². The summed E-state index contributed by atoms with van der Waals surface area (Å²) < 4.78 is 24.6. The number of hydrogen-bond acceptors (Lipinski definition) is 6. The Labute approximate surface area is 112 Å². The van der Waals surface area contributed by atoms with Gasteiger partial charge in [-0.2, -0.15) is 0 Å². The van der Waals surface area contributed by atoms with E-state index in [1.165, 1.54) is 13.2 Å². The predicted octanol–water partition coefficient (Wildman–Crippen LogP) is -0.773. The van der Waals surface area contributed by atoms with Gasteiger partial charge in [0.2, 0.25) is 10.0 Å². The van der Waals surface area contributed by atoms with Crippen molar-refractivity contribution >= 4 is 10.0 Å². The molecule has 1 aromatic rings. The predicted molar refractivity (Wildman–Crippen MR) is 71.1 cm³/mol. The van der Waals surface area contributed by atoms with Gasteiger partial charge in [0.25, 0.3) is 0 Å². The molecular weight excluding hydrogens is 270 g/mol. The number of sulfonamides is 1. The second kappa shape index (κ2) is 6.80. The van der Waals surface area contributed by atoms with Crippen LogP contribution in [-0.4, -0.2) is 43.0 Å². The average Bonchev–Trinajstić information content (AvgIpc) is 2.39. The first kappa shape index (κ1) is 15.8. The van der Waals surface area contributed by atoms with Gasteiger partial charge in [-0.05, 0) is 14.0 Å². The Balaban J connectivity index is 2.65. The van der Waals surface area contributed by atoms with Crippen molar-refractivity contribution in [2.24, 2.45) is 0 Å². The van der Waals surface area contributed by atoms with Crippen molar-refractivity contribution in [3.63, 3.8) is 0 Å². The summed E-state index contributed by atoms with van der Waals surface area (Å²) in [4.78, 5) is 3.95. The van der Waals surface area contributed by atoms with E-state index in [2.05, 4.69) is 15.0 Å². The molecule has 0 aromatic carbocycles. The number of aliphatic hydroxyl groups is 1. The molecule has 0 radical (unpaired) electrons. The lowest BCUT2D eigenvalue weighted by atomic mass is 10.1. The van der Waals surface area contributed by atoms with Gasteiger partial charge >= 0.3 is 0 Å². The Kier molecular flexibility index (Phi) is 5.67. The molecule has 0 spiro atoms. The highest BCUT2D eigenvalue weighted by Gasteiger charge is 2.11. The van der Waals surface area contributed by atoms with Gasteiger partial charge in [0.05, 0.1) is 18.1 Å². The molecule has 0 unspecified atom stereocenters. The van der Waals surface area contributed by atoms with E-state index < -0.39 is 10.0 Å². The van der Waals surface area contributed by atoms with Gasteiger partial charge in [-0.15, -0.1) is 0 Å². The highest BCUT2D eigenvalue weighted by atomic mass is 32.2. The van der Waals surface area contributed by atoms with E-state index in [4.69, 9.17) is 0 Å². The highest BCUT2D eigenvalue weighted by molar-refractivity contribution is 7.89. The van der Waals surface area contributed by atoms with Crippen molar-refractivity contribution in [3.05, 3.63) is 23.0 Å². The number of pyridine rings is 1. The zero-order valence-corrected chi connectivity index (χ0v) is 11.8. The maximum absolute atomic E-state index is 11.2. The van der Waals surface area contributed by atoms with Crippen molar-refractivity contribution in [2.45, 2.75) is 20.1 Å². The second-order valence-corrected chi connectivity index (χ2v) is 6.10. The van der Waals surface area contributed by atoms with Gasteiger partial charge in [0, 0.05) is 30.4 Å². The second-order valence-electron chi connectivity index (χ2n) is 4.05. The normalized spacial score (nSPS) is 11.7. The van der Waals surface area contributed by atoms with Crippen LogP contribution in [0.15, 0.2) is 6.20 Å². The molecule has 0 aliphatic carbocycles. The van der Waals surface area contributed by atoms with Gasteiger partial charge in [-0.25, -0.2) is 13.1 Å². The molecule has 1 heterocycles. The fourth-order valence-electron chi connectivity index (χ4n) is 1.54. The van der Waals surface area contributed by atoms with Crippen molar-refractivity contribution in [2.75, 3.05) is 19.3 Å². The number of rotatable bonds is 7. The molecule has 0 fully saturated rings. The summed E-state index contributed by atoms with van der Waals surface area (Å²) >= 11 is 0. The first-order valence-corrected chi connectivity index (χ1v) is 7.45. The summed E-state index contributed by atoms with van der Waals surface area (Å²) in [7, 11) is -1.89. The van der Waals surface area contributed by atoms with E-state index in [9.17, 15) is 18.6 Å². The molecular formula is C11H19N3O4S. The molecule has 8 heteroatoms. The molecule has 0 aliphatic rings. The number of aryl methyl sites for hydroxylation is 1. The first-order valence-electron chi connectivity index (χ1n) is 5.80. The van der Waals surface area contributed by atoms with Crippen LogP contribution in [-0.2, 0) is 23.2 Å². The molecule has 7 nitrogen and oxygen atoms in total. The lowest BCUT2D eigenvalue weighted by molar-refractivity contribution is 0.278. The van der Waals surface area contributed by atoms with Crippen LogP contribution in [0.1, 0.15) is 16.8 Å². The minimum atomic E-state index is -3.24. The van der Waals surface area contributed by atoms with Crippen LogP contribution in [0.25, 0.3) is 0 Å². The highest BCUT2D eigenvalue weighted by Crippen LogP contribution is 2.23. The van der Waals surface area contributed by atoms with Gasteiger partial charge in [-0.3, -0.25) is 4.98 Å². The largest absolute Gasteiger partial charge is 0.506 e. The zero-order valence-electron chi connectivity index (χ0n) is 11.0. The third-order valence-corrected chi connectivity index (χ3v) is 4.12. The number of hydrogen-bond donors (Lipinski definition) is 4. The summed E-state index contributed by atoms with van der Waals surface area (Å²) in [6.45, 7) is 1.94. The van der Waals surface area contributed by atoms with Crippen LogP contribution >= 0.6 is 0 Å². The topological polar surface area (TPSA) is 112 Å². The van der Waals surface area contributed by atoms with E-state index in [-0.39, 0.29) is 31.2 Å². The average molecular weight is 289 g/mol. The van der Waals surface area contributed by atoms with E-state index >= 15 is 0 Å². The lowest BCUT2D eigenvalue weighted by Gasteiger charge is -2.12. The van der Waals surface area contributed by atoms with Crippen LogP contribution in [0.5, 0.6) is 5.75 Å². The van der Waals surface area contributed by atoms with Gasteiger partial charge in [0.15, 0.2) is 0 Å². The molecule has 0 atom stereocenters. The summed E-state index contributed by atoms with van der Waals surface area (Å²) in [5.74, 6) is -0.0292. The van der Waals surface area contributed by atoms with Gasteiger partial charge in [0.1, 0.15) is 5.75 Å².